The van der Waals surface area contributed by atoms with Crippen LogP contribution >= 0.6 is 39.1 Å². The molecule has 0 bridgehead atoms. The Morgan fingerprint density at radius 1 is 1.05 bits per heavy atom. The molecule has 1 unspecified atom stereocenters. The fourth-order valence-corrected chi connectivity index (χ4v) is 3.68. The van der Waals surface area contributed by atoms with Crippen LogP contribution in [0.15, 0.2) is 30.3 Å². The number of ether oxygens (including phenoxy) is 2. The van der Waals surface area contributed by atoms with Gasteiger partial charge in [-0.15, -0.1) is 0 Å². The molecule has 2 nitrogen and oxygen atoms in total. The first-order valence-electron chi connectivity index (χ1n) is 6.25. The summed E-state index contributed by atoms with van der Waals surface area (Å²) in [4.78, 5) is -0.343. The Morgan fingerprint density at radius 3 is 2.43 bits per heavy atom. The molecule has 0 spiro atoms. The van der Waals surface area contributed by atoms with Gasteiger partial charge in [-0.05, 0) is 23.3 Å². The summed E-state index contributed by atoms with van der Waals surface area (Å²) in [7, 11) is 0. The molecule has 0 aromatic heterocycles. The normalized spacial score (nSPS) is 14.9. The van der Waals surface area contributed by atoms with Crippen LogP contribution in [0.2, 0.25) is 10.0 Å². The number of halogens is 4. The molecular weight excluding hydrogens is 382 g/mol. The molecule has 1 aliphatic heterocycles. The molecule has 0 radical (unpaired) electrons. The molecule has 6 heteroatoms. The zero-order valence-electron chi connectivity index (χ0n) is 10.7. The van der Waals surface area contributed by atoms with Crippen LogP contribution in [0.5, 0.6) is 11.5 Å². The standard InChI is InChI=1S/C15H10BrCl2FO2/c16-14(8-2-1-3-11(19)15(8)18)9-6-12-13(7-10(9)17)21-5-4-20-12/h1-3,6-7,14H,4-5H2. The minimum Gasteiger partial charge on any atom is -0.486 e. The third-order valence-electron chi connectivity index (χ3n) is 3.19. The smallest absolute Gasteiger partial charge is 0.162 e. The molecule has 3 rings (SSSR count). The summed E-state index contributed by atoms with van der Waals surface area (Å²) >= 11 is 15.9. The van der Waals surface area contributed by atoms with Crippen molar-refractivity contribution in [3.05, 3.63) is 57.3 Å². The van der Waals surface area contributed by atoms with Gasteiger partial charge in [-0.3, -0.25) is 0 Å². The topological polar surface area (TPSA) is 18.5 Å². The van der Waals surface area contributed by atoms with E-state index in [9.17, 15) is 4.39 Å². The second kappa shape index (κ2) is 6.03. The Kier molecular flexibility index (Phi) is 4.29. The zero-order chi connectivity index (χ0) is 15.0. The average molecular weight is 392 g/mol. The van der Waals surface area contributed by atoms with Gasteiger partial charge in [0.15, 0.2) is 11.5 Å². The first-order valence-corrected chi connectivity index (χ1v) is 7.92. The van der Waals surface area contributed by atoms with Gasteiger partial charge in [0, 0.05) is 11.1 Å². The van der Waals surface area contributed by atoms with Crippen LogP contribution in [0, 0.1) is 5.82 Å². The fourth-order valence-electron chi connectivity index (χ4n) is 2.16. The molecule has 1 heterocycles. The molecule has 0 saturated carbocycles. The maximum absolute atomic E-state index is 13.6. The van der Waals surface area contributed by atoms with E-state index in [2.05, 4.69) is 15.9 Å². The van der Waals surface area contributed by atoms with E-state index >= 15 is 0 Å². The maximum atomic E-state index is 13.6. The molecule has 21 heavy (non-hydrogen) atoms. The van der Waals surface area contributed by atoms with Crippen LogP contribution in [-0.2, 0) is 0 Å². The van der Waals surface area contributed by atoms with Gasteiger partial charge in [0.2, 0.25) is 0 Å². The summed E-state index contributed by atoms with van der Waals surface area (Å²) in [6.07, 6.45) is 0. The first-order chi connectivity index (χ1) is 10.1. The summed E-state index contributed by atoms with van der Waals surface area (Å²) < 4.78 is 24.6. The van der Waals surface area contributed by atoms with Crippen LogP contribution in [0.25, 0.3) is 0 Å². The summed E-state index contributed by atoms with van der Waals surface area (Å²) in [6.45, 7) is 0.984. The van der Waals surface area contributed by atoms with Gasteiger partial charge in [-0.2, -0.15) is 0 Å². The van der Waals surface area contributed by atoms with E-state index in [1.165, 1.54) is 6.07 Å². The van der Waals surface area contributed by atoms with Crippen molar-refractivity contribution in [2.75, 3.05) is 13.2 Å². The van der Waals surface area contributed by atoms with Gasteiger partial charge in [0.1, 0.15) is 19.0 Å². The molecule has 1 aliphatic rings. The van der Waals surface area contributed by atoms with Crippen molar-refractivity contribution in [1.82, 2.24) is 0 Å². The lowest BCUT2D eigenvalue weighted by Crippen LogP contribution is -2.15. The maximum Gasteiger partial charge on any atom is 0.162 e. The largest absolute Gasteiger partial charge is 0.486 e. The van der Waals surface area contributed by atoms with Gasteiger partial charge in [-0.25, -0.2) is 4.39 Å². The highest BCUT2D eigenvalue weighted by Crippen LogP contribution is 2.44. The Labute approximate surface area is 139 Å². The van der Waals surface area contributed by atoms with E-state index < -0.39 is 5.82 Å². The molecule has 0 amide bonds. The van der Waals surface area contributed by atoms with Gasteiger partial charge in [0.05, 0.1) is 9.85 Å². The first kappa shape index (κ1) is 14.9. The SMILES string of the molecule is Fc1cccc(C(Br)c2cc3c(cc2Cl)OCCO3)c1Cl. The highest BCUT2D eigenvalue weighted by Gasteiger charge is 2.22. The third-order valence-corrected chi connectivity index (χ3v) is 4.90. The summed E-state index contributed by atoms with van der Waals surface area (Å²) in [5.41, 5.74) is 1.35. The lowest BCUT2D eigenvalue weighted by atomic mass is 10.0. The van der Waals surface area contributed by atoms with Crippen molar-refractivity contribution < 1.29 is 13.9 Å². The van der Waals surface area contributed by atoms with E-state index in [-0.39, 0.29) is 9.85 Å². The van der Waals surface area contributed by atoms with Crippen molar-refractivity contribution >= 4 is 39.1 Å². The second-order valence-electron chi connectivity index (χ2n) is 4.52. The van der Waals surface area contributed by atoms with Gasteiger partial charge >= 0.3 is 0 Å². The van der Waals surface area contributed by atoms with Crippen LogP contribution in [0.4, 0.5) is 4.39 Å². The molecule has 1 atom stereocenters. The molecule has 2 aromatic carbocycles. The number of rotatable bonds is 2. The molecular formula is C15H10BrCl2FO2. The molecule has 0 aliphatic carbocycles. The van der Waals surface area contributed by atoms with E-state index in [1.54, 1.807) is 24.3 Å². The highest BCUT2D eigenvalue weighted by molar-refractivity contribution is 9.09. The van der Waals surface area contributed by atoms with Crippen LogP contribution in [-0.4, -0.2) is 13.2 Å². The summed E-state index contributed by atoms with van der Waals surface area (Å²) in [5, 5.41) is 0.576. The van der Waals surface area contributed by atoms with Gasteiger partial charge in [0.25, 0.3) is 0 Å². The number of fused-ring (bicyclic) bond motifs is 1. The summed E-state index contributed by atoms with van der Waals surface area (Å²) in [6, 6.07) is 8.16. The fraction of sp³-hybridized carbons (Fsp3) is 0.200. The predicted molar refractivity (Wildman–Crippen MR) is 84.6 cm³/mol. The lowest BCUT2D eigenvalue weighted by Gasteiger charge is -2.21. The van der Waals surface area contributed by atoms with Crippen LogP contribution in [0.3, 0.4) is 0 Å². The van der Waals surface area contributed by atoms with Crippen molar-refractivity contribution in [1.29, 1.82) is 0 Å². The monoisotopic (exact) mass is 390 g/mol. The number of alkyl halides is 1. The van der Waals surface area contributed by atoms with E-state index in [4.69, 9.17) is 32.7 Å². The Hall–Kier alpha value is -0.970. The third kappa shape index (κ3) is 2.85. The van der Waals surface area contributed by atoms with E-state index in [1.807, 2.05) is 0 Å². The molecule has 0 N–H and O–H groups in total. The Bertz CT molecular complexity index is 694. The lowest BCUT2D eigenvalue weighted by molar-refractivity contribution is 0.171. The van der Waals surface area contributed by atoms with Gasteiger partial charge in [-0.1, -0.05) is 51.3 Å². The Morgan fingerprint density at radius 2 is 1.71 bits per heavy atom. The van der Waals surface area contributed by atoms with Crippen molar-refractivity contribution in [3.63, 3.8) is 0 Å². The van der Waals surface area contributed by atoms with Crippen molar-refractivity contribution in [3.8, 4) is 11.5 Å². The minimum absolute atomic E-state index is 0.0744. The number of benzene rings is 2. The molecule has 0 fully saturated rings. The predicted octanol–water partition coefficient (Wildman–Crippen LogP) is 5.39. The van der Waals surface area contributed by atoms with Gasteiger partial charge < -0.3 is 9.47 Å². The molecule has 0 saturated heterocycles. The number of hydrogen-bond acceptors (Lipinski definition) is 2. The molecule has 110 valence electrons. The van der Waals surface area contributed by atoms with E-state index in [0.29, 0.717) is 35.3 Å². The highest BCUT2D eigenvalue weighted by atomic mass is 79.9. The molecule has 2 aromatic rings. The summed E-state index contributed by atoms with van der Waals surface area (Å²) in [5.74, 6) is 0.768. The van der Waals surface area contributed by atoms with Crippen LogP contribution in [0.1, 0.15) is 16.0 Å². The zero-order valence-corrected chi connectivity index (χ0v) is 13.8. The average Bonchev–Trinajstić information content (AvgIpc) is 2.48. The second-order valence-corrected chi connectivity index (χ2v) is 6.22. The number of hydrogen-bond donors (Lipinski definition) is 0. The minimum atomic E-state index is -0.465. The van der Waals surface area contributed by atoms with Crippen molar-refractivity contribution in [2.24, 2.45) is 0 Å². The van der Waals surface area contributed by atoms with Crippen molar-refractivity contribution in [2.45, 2.75) is 4.83 Å². The van der Waals surface area contributed by atoms with Crippen LogP contribution < -0.4 is 9.47 Å². The van der Waals surface area contributed by atoms with E-state index in [0.717, 1.165) is 5.56 Å². The quantitative estimate of drug-likeness (QED) is 0.639. The Balaban J connectivity index is 2.05.